The number of nitrogens with two attached hydrogens (primary N) is 1. The average molecular weight is 186 g/mol. The summed E-state index contributed by atoms with van der Waals surface area (Å²) in [6.07, 6.45) is 3.61. The van der Waals surface area contributed by atoms with Crippen molar-refractivity contribution < 1.29 is 4.79 Å². The Kier molecular flexibility index (Phi) is 7.94. The first-order valence-electron chi connectivity index (χ1n) is 5.22. The molecule has 0 aliphatic heterocycles. The van der Waals surface area contributed by atoms with E-state index in [0.717, 1.165) is 32.4 Å². The minimum absolute atomic E-state index is 0.0570. The quantitative estimate of drug-likeness (QED) is 0.558. The lowest BCUT2D eigenvalue weighted by molar-refractivity contribution is -0.120. The van der Waals surface area contributed by atoms with E-state index in [0.29, 0.717) is 12.2 Å². The van der Waals surface area contributed by atoms with Gasteiger partial charge in [0.15, 0.2) is 0 Å². The number of likely N-dealkylation sites (N-methyl/N-ethyl adjacent to an activating group) is 1. The molecule has 0 fully saturated rings. The van der Waals surface area contributed by atoms with Gasteiger partial charge < -0.3 is 11.1 Å². The number of carbonyl (C=O) groups excluding carboxylic acids is 1. The summed E-state index contributed by atoms with van der Waals surface area (Å²) in [5.74, 6) is 0.318. The highest BCUT2D eigenvalue weighted by molar-refractivity contribution is 5.83. The number of unbranched alkanes of at least 4 members (excludes halogenated alkanes) is 1. The van der Waals surface area contributed by atoms with Crippen molar-refractivity contribution in [2.24, 2.45) is 5.73 Å². The third-order valence-electron chi connectivity index (χ3n) is 2.13. The highest BCUT2D eigenvalue weighted by Crippen LogP contribution is 2.03. The molecule has 3 heteroatoms. The van der Waals surface area contributed by atoms with Crippen LogP contribution in [0.25, 0.3) is 0 Å². The first kappa shape index (κ1) is 12.6. The summed E-state index contributed by atoms with van der Waals surface area (Å²) in [5.41, 5.74) is 5.39. The van der Waals surface area contributed by atoms with Gasteiger partial charge in [0.25, 0.3) is 0 Å². The van der Waals surface area contributed by atoms with Crippen molar-refractivity contribution in [2.45, 2.75) is 45.6 Å². The third-order valence-corrected chi connectivity index (χ3v) is 2.13. The Morgan fingerprint density at radius 1 is 1.38 bits per heavy atom. The number of rotatable bonds is 8. The fourth-order valence-corrected chi connectivity index (χ4v) is 1.36. The van der Waals surface area contributed by atoms with Crippen molar-refractivity contribution in [2.75, 3.05) is 13.1 Å². The largest absolute Gasteiger partial charge is 0.330 e. The summed E-state index contributed by atoms with van der Waals surface area (Å²) in [6, 6.07) is 0.0570. The van der Waals surface area contributed by atoms with Gasteiger partial charge in [-0.05, 0) is 25.9 Å². The molecule has 13 heavy (non-hydrogen) atoms. The van der Waals surface area contributed by atoms with Crippen molar-refractivity contribution in [3.63, 3.8) is 0 Å². The molecule has 0 aliphatic carbocycles. The van der Waals surface area contributed by atoms with Crippen molar-refractivity contribution in [3.05, 3.63) is 0 Å². The van der Waals surface area contributed by atoms with Gasteiger partial charge in [0.05, 0.1) is 6.04 Å². The summed E-state index contributed by atoms with van der Waals surface area (Å²) in [4.78, 5) is 11.4. The molecule has 0 saturated heterocycles. The highest BCUT2D eigenvalue weighted by Gasteiger charge is 2.13. The number of hydrogen-bond acceptors (Lipinski definition) is 3. The molecular formula is C10H22N2O. The van der Waals surface area contributed by atoms with Gasteiger partial charge in [-0.2, -0.15) is 0 Å². The molecule has 3 nitrogen and oxygen atoms in total. The third kappa shape index (κ3) is 5.77. The molecular weight excluding hydrogens is 164 g/mol. The summed E-state index contributed by atoms with van der Waals surface area (Å²) in [6.45, 7) is 5.52. The molecule has 0 heterocycles. The number of nitrogens with one attached hydrogen (secondary N) is 1. The molecule has 0 aromatic carbocycles. The molecule has 0 aliphatic rings. The van der Waals surface area contributed by atoms with Crippen LogP contribution < -0.4 is 11.1 Å². The van der Waals surface area contributed by atoms with Crippen LogP contribution in [0.1, 0.15) is 39.5 Å². The van der Waals surface area contributed by atoms with Crippen LogP contribution in [0.15, 0.2) is 0 Å². The number of carbonyl (C=O) groups is 1. The molecule has 0 amide bonds. The van der Waals surface area contributed by atoms with E-state index in [9.17, 15) is 4.79 Å². The molecule has 0 spiro atoms. The van der Waals surface area contributed by atoms with Crippen molar-refractivity contribution in [1.29, 1.82) is 0 Å². The van der Waals surface area contributed by atoms with E-state index < -0.39 is 0 Å². The SMILES string of the molecule is CCNC(CCCCN)C(=O)CC. The Morgan fingerprint density at radius 3 is 2.54 bits per heavy atom. The predicted octanol–water partition coefficient (Wildman–Crippen LogP) is 1.07. The zero-order valence-corrected chi connectivity index (χ0v) is 8.81. The second-order valence-electron chi connectivity index (χ2n) is 3.21. The first-order chi connectivity index (χ1) is 6.26. The number of hydrogen-bond donors (Lipinski definition) is 2. The Balaban J connectivity index is 3.73. The maximum absolute atomic E-state index is 11.4. The zero-order valence-electron chi connectivity index (χ0n) is 8.81. The van der Waals surface area contributed by atoms with E-state index in [1.54, 1.807) is 0 Å². The zero-order chi connectivity index (χ0) is 10.1. The van der Waals surface area contributed by atoms with Crippen LogP contribution in [0.2, 0.25) is 0 Å². The molecule has 0 saturated carbocycles. The molecule has 0 aromatic rings. The normalized spacial score (nSPS) is 12.8. The fourth-order valence-electron chi connectivity index (χ4n) is 1.36. The number of ketones is 1. The summed E-state index contributed by atoms with van der Waals surface area (Å²) >= 11 is 0. The summed E-state index contributed by atoms with van der Waals surface area (Å²) in [7, 11) is 0. The van der Waals surface area contributed by atoms with Crippen LogP contribution in [-0.4, -0.2) is 24.9 Å². The molecule has 0 bridgehead atoms. The predicted molar refractivity (Wildman–Crippen MR) is 55.7 cm³/mol. The second-order valence-corrected chi connectivity index (χ2v) is 3.21. The van der Waals surface area contributed by atoms with Crippen molar-refractivity contribution in [3.8, 4) is 0 Å². The number of Topliss-reactive ketones (excluding diaryl/α,β-unsaturated/α-hetero) is 1. The van der Waals surface area contributed by atoms with Gasteiger partial charge in [0.2, 0.25) is 0 Å². The first-order valence-corrected chi connectivity index (χ1v) is 5.22. The Labute approximate surface area is 81.1 Å². The van der Waals surface area contributed by atoms with Crippen LogP contribution in [0, 0.1) is 0 Å². The Morgan fingerprint density at radius 2 is 2.08 bits per heavy atom. The van der Waals surface area contributed by atoms with Crippen LogP contribution in [-0.2, 0) is 4.79 Å². The highest BCUT2D eigenvalue weighted by atomic mass is 16.1. The van der Waals surface area contributed by atoms with Gasteiger partial charge in [-0.3, -0.25) is 4.79 Å². The van der Waals surface area contributed by atoms with E-state index in [2.05, 4.69) is 5.32 Å². The lowest BCUT2D eigenvalue weighted by atomic mass is 10.0. The maximum atomic E-state index is 11.4. The minimum Gasteiger partial charge on any atom is -0.330 e. The van der Waals surface area contributed by atoms with Gasteiger partial charge in [0.1, 0.15) is 5.78 Å². The fraction of sp³-hybridized carbons (Fsp3) is 0.900. The van der Waals surface area contributed by atoms with E-state index >= 15 is 0 Å². The minimum atomic E-state index is 0.0570. The van der Waals surface area contributed by atoms with Gasteiger partial charge in [-0.15, -0.1) is 0 Å². The monoisotopic (exact) mass is 186 g/mol. The molecule has 0 rings (SSSR count). The lowest BCUT2D eigenvalue weighted by Gasteiger charge is -2.15. The van der Waals surface area contributed by atoms with E-state index in [4.69, 9.17) is 5.73 Å². The van der Waals surface area contributed by atoms with E-state index in [1.165, 1.54) is 0 Å². The average Bonchev–Trinajstić information content (AvgIpc) is 2.16. The summed E-state index contributed by atoms with van der Waals surface area (Å²) in [5, 5.41) is 3.20. The van der Waals surface area contributed by atoms with Gasteiger partial charge in [-0.1, -0.05) is 20.3 Å². The topological polar surface area (TPSA) is 55.1 Å². The van der Waals surface area contributed by atoms with Crippen LogP contribution in [0.3, 0.4) is 0 Å². The molecule has 1 atom stereocenters. The smallest absolute Gasteiger partial charge is 0.149 e. The Hall–Kier alpha value is -0.410. The maximum Gasteiger partial charge on any atom is 0.149 e. The molecule has 1 unspecified atom stereocenters. The van der Waals surface area contributed by atoms with Crippen LogP contribution >= 0.6 is 0 Å². The standard InChI is InChI=1S/C10H22N2O/c1-3-10(13)9(12-4-2)7-5-6-8-11/h9,12H,3-8,11H2,1-2H3. The van der Waals surface area contributed by atoms with Gasteiger partial charge in [0, 0.05) is 6.42 Å². The second kappa shape index (κ2) is 8.20. The van der Waals surface area contributed by atoms with Crippen molar-refractivity contribution in [1.82, 2.24) is 5.32 Å². The van der Waals surface area contributed by atoms with Gasteiger partial charge in [-0.25, -0.2) is 0 Å². The molecule has 0 radical (unpaired) electrons. The van der Waals surface area contributed by atoms with Crippen molar-refractivity contribution >= 4 is 5.78 Å². The van der Waals surface area contributed by atoms with Crippen LogP contribution in [0.5, 0.6) is 0 Å². The lowest BCUT2D eigenvalue weighted by Crippen LogP contribution is -2.36. The van der Waals surface area contributed by atoms with Crippen LogP contribution in [0.4, 0.5) is 0 Å². The molecule has 3 N–H and O–H groups in total. The Bertz CT molecular complexity index is 137. The summed E-state index contributed by atoms with van der Waals surface area (Å²) < 4.78 is 0. The van der Waals surface area contributed by atoms with E-state index in [1.807, 2.05) is 13.8 Å². The van der Waals surface area contributed by atoms with E-state index in [-0.39, 0.29) is 6.04 Å². The van der Waals surface area contributed by atoms with Gasteiger partial charge >= 0.3 is 0 Å². The molecule has 78 valence electrons. The molecule has 0 aromatic heterocycles.